The number of imidazole rings is 1. The Hall–Kier alpha value is -5.15. The number of carbonyl (C=O) groups excluding carboxylic acids is 1. The van der Waals surface area contributed by atoms with E-state index in [1.807, 2.05) is 6.92 Å². The van der Waals surface area contributed by atoms with Crippen molar-refractivity contribution < 1.29 is 22.0 Å². The standard InChI is InChI=1S/C29H25F2N9O3S/c1-3-4-22(41)36-19-10-17(12-32-13-19)21-14-34-27-23(24(21)31)26(39-40-27)29-37-25-20(5-6-33-28(25)38-29)16-7-15(8-18(30)9-16)11-35-44(2,42)43/h5-10,12-14,35H,3-4,11H2,1-2H3,(H,36,41)(H,33,37,38)(H,34,39,40). The number of pyridine rings is 3. The average Bonchev–Trinajstić information content (AvgIpc) is 3.61. The van der Waals surface area contributed by atoms with E-state index < -0.39 is 21.7 Å². The molecule has 0 saturated heterocycles. The van der Waals surface area contributed by atoms with Gasteiger partial charge in [0.05, 0.1) is 23.5 Å². The summed E-state index contributed by atoms with van der Waals surface area (Å²) >= 11 is 0. The smallest absolute Gasteiger partial charge is 0.224 e. The van der Waals surface area contributed by atoms with Gasteiger partial charge in [0.25, 0.3) is 0 Å². The van der Waals surface area contributed by atoms with Gasteiger partial charge in [0, 0.05) is 48.2 Å². The van der Waals surface area contributed by atoms with Gasteiger partial charge in [0.2, 0.25) is 15.9 Å². The summed E-state index contributed by atoms with van der Waals surface area (Å²) in [5.74, 6) is -1.16. The summed E-state index contributed by atoms with van der Waals surface area (Å²) in [6.07, 6.45) is 7.87. The molecule has 5 heterocycles. The van der Waals surface area contributed by atoms with Crippen LogP contribution in [0.3, 0.4) is 0 Å². The number of halogens is 2. The average molecular weight is 618 g/mol. The quantitative estimate of drug-likeness (QED) is 0.181. The Morgan fingerprint density at radius 2 is 1.84 bits per heavy atom. The number of amides is 1. The molecule has 224 valence electrons. The van der Waals surface area contributed by atoms with Crippen molar-refractivity contribution >= 4 is 43.8 Å². The number of carbonyl (C=O) groups is 1. The van der Waals surface area contributed by atoms with Crippen molar-refractivity contribution in [3.8, 4) is 33.8 Å². The number of nitrogens with zero attached hydrogens (tertiary/aromatic N) is 5. The Balaban J connectivity index is 1.40. The molecule has 0 radical (unpaired) electrons. The second kappa shape index (κ2) is 11.5. The Labute approximate surface area is 249 Å². The van der Waals surface area contributed by atoms with Crippen LogP contribution < -0.4 is 10.0 Å². The monoisotopic (exact) mass is 617 g/mol. The number of benzene rings is 1. The van der Waals surface area contributed by atoms with E-state index in [1.165, 1.54) is 36.9 Å². The summed E-state index contributed by atoms with van der Waals surface area (Å²) in [6.45, 7) is 1.80. The van der Waals surface area contributed by atoms with Gasteiger partial charge in [0.15, 0.2) is 17.1 Å². The molecule has 0 aliphatic heterocycles. The zero-order valence-electron chi connectivity index (χ0n) is 23.4. The topological polar surface area (TPSA) is 171 Å². The SMILES string of the molecule is CCCC(=O)Nc1cncc(-c2cnc3[nH]nc(-c4nc5c(-c6cc(F)cc(CNS(C)(=O)=O)c6)ccnc5[nH]4)c3c2F)c1. The molecule has 6 aromatic rings. The normalized spacial score (nSPS) is 11.8. The molecule has 44 heavy (non-hydrogen) atoms. The van der Waals surface area contributed by atoms with Gasteiger partial charge in [-0.15, -0.1) is 0 Å². The summed E-state index contributed by atoms with van der Waals surface area (Å²) in [7, 11) is -3.49. The number of hydrogen-bond donors (Lipinski definition) is 4. The van der Waals surface area contributed by atoms with Gasteiger partial charge in [-0.2, -0.15) is 5.10 Å². The third-order valence-corrected chi connectivity index (χ3v) is 7.42. The number of nitrogens with one attached hydrogen (secondary N) is 4. The third-order valence-electron chi connectivity index (χ3n) is 6.75. The molecular weight excluding hydrogens is 592 g/mol. The van der Waals surface area contributed by atoms with Gasteiger partial charge in [-0.05, 0) is 47.9 Å². The van der Waals surface area contributed by atoms with Crippen molar-refractivity contribution in [3.05, 3.63) is 72.3 Å². The van der Waals surface area contributed by atoms with Crippen molar-refractivity contribution in [2.24, 2.45) is 0 Å². The largest absolute Gasteiger partial charge is 0.325 e. The predicted molar refractivity (Wildman–Crippen MR) is 161 cm³/mol. The number of aromatic nitrogens is 7. The molecule has 1 aromatic carbocycles. The fraction of sp³-hybridized carbons (Fsp3) is 0.172. The molecule has 1 amide bonds. The Morgan fingerprint density at radius 1 is 1.00 bits per heavy atom. The van der Waals surface area contributed by atoms with E-state index in [-0.39, 0.29) is 40.6 Å². The molecule has 6 rings (SSSR count). The van der Waals surface area contributed by atoms with E-state index in [1.54, 1.807) is 18.2 Å². The molecule has 0 atom stereocenters. The fourth-order valence-corrected chi connectivity index (χ4v) is 5.24. The minimum atomic E-state index is -3.49. The lowest BCUT2D eigenvalue weighted by Crippen LogP contribution is -2.21. The number of H-pyrrole nitrogens is 2. The molecule has 4 N–H and O–H groups in total. The number of fused-ring (bicyclic) bond motifs is 2. The number of sulfonamides is 1. The van der Waals surface area contributed by atoms with Gasteiger partial charge in [-0.25, -0.2) is 36.9 Å². The lowest BCUT2D eigenvalue weighted by molar-refractivity contribution is -0.116. The van der Waals surface area contributed by atoms with Crippen LogP contribution >= 0.6 is 0 Å². The van der Waals surface area contributed by atoms with Crippen LogP contribution in [0.5, 0.6) is 0 Å². The minimum Gasteiger partial charge on any atom is -0.325 e. The number of rotatable bonds is 9. The van der Waals surface area contributed by atoms with E-state index in [2.05, 4.69) is 45.2 Å². The molecule has 0 saturated carbocycles. The van der Waals surface area contributed by atoms with Gasteiger partial charge >= 0.3 is 0 Å². The van der Waals surface area contributed by atoms with Crippen molar-refractivity contribution in [1.29, 1.82) is 0 Å². The van der Waals surface area contributed by atoms with Crippen molar-refractivity contribution in [2.45, 2.75) is 26.3 Å². The van der Waals surface area contributed by atoms with Crippen LogP contribution in [0.15, 0.2) is 55.1 Å². The fourth-order valence-electron chi connectivity index (χ4n) is 4.81. The van der Waals surface area contributed by atoms with Crippen molar-refractivity contribution in [1.82, 2.24) is 39.8 Å². The molecule has 0 aliphatic rings. The first-order chi connectivity index (χ1) is 21.1. The Kier molecular flexibility index (Phi) is 7.57. The molecule has 12 nitrogen and oxygen atoms in total. The summed E-state index contributed by atoms with van der Waals surface area (Å²) in [5, 5.41) is 9.82. The van der Waals surface area contributed by atoms with Crippen LogP contribution in [-0.4, -0.2) is 55.7 Å². The maximum Gasteiger partial charge on any atom is 0.224 e. The minimum absolute atomic E-state index is 0.0726. The van der Waals surface area contributed by atoms with Gasteiger partial charge in [0.1, 0.15) is 22.8 Å². The molecule has 0 spiro atoms. The molecule has 0 aliphatic carbocycles. The van der Waals surface area contributed by atoms with E-state index in [9.17, 15) is 17.6 Å². The maximum absolute atomic E-state index is 16.1. The predicted octanol–water partition coefficient (Wildman–Crippen LogP) is 4.69. The van der Waals surface area contributed by atoms with Gasteiger partial charge in [-0.1, -0.05) is 6.92 Å². The zero-order valence-corrected chi connectivity index (χ0v) is 24.3. The summed E-state index contributed by atoms with van der Waals surface area (Å²) in [5.41, 5.74) is 3.39. The van der Waals surface area contributed by atoms with Crippen LogP contribution in [0.2, 0.25) is 0 Å². The summed E-state index contributed by atoms with van der Waals surface area (Å²) in [4.78, 5) is 32.6. The van der Waals surface area contributed by atoms with E-state index >= 15 is 4.39 Å². The van der Waals surface area contributed by atoms with Crippen LogP contribution in [0.1, 0.15) is 25.3 Å². The van der Waals surface area contributed by atoms with Crippen LogP contribution in [-0.2, 0) is 21.4 Å². The third kappa shape index (κ3) is 5.87. The first-order valence-electron chi connectivity index (χ1n) is 13.5. The van der Waals surface area contributed by atoms with Crippen LogP contribution in [0.25, 0.3) is 56.0 Å². The summed E-state index contributed by atoms with van der Waals surface area (Å²) < 4.78 is 56.1. The zero-order chi connectivity index (χ0) is 31.0. The van der Waals surface area contributed by atoms with Crippen LogP contribution in [0.4, 0.5) is 14.5 Å². The van der Waals surface area contributed by atoms with Gasteiger partial charge in [-0.3, -0.25) is 14.9 Å². The van der Waals surface area contributed by atoms with Gasteiger partial charge < -0.3 is 10.3 Å². The lowest BCUT2D eigenvalue weighted by atomic mass is 10.0. The highest BCUT2D eigenvalue weighted by Crippen LogP contribution is 2.35. The van der Waals surface area contributed by atoms with Crippen molar-refractivity contribution in [3.63, 3.8) is 0 Å². The van der Waals surface area contributed by atoms with E-state index in [0.717, 1.165) is 6.26 Å². The second-order valence-corrected chi connectivity index (χ2v) is 12.0. The molecule has 15 heteroatoms. The molecule has 0 fully saturated rings. The second-order valence-electron chi connectivity index (χ2n) is 10.1. The molecule has 0 bridgehead atoms. The first kappa shape index (κ1) is 28.9. The highest BCUT2D eigenvalue weighted by Gasteiger charge is 2.22. The molecule has 0 unspecified atom stereocenters. The molecular formula is C29H25F2N9O3S. The number of aromatic amines is 2. The van der Waals surface area contributed by atoms with E-state index in [4.69, 9.17) is 0 Å². The maximum atomic E-state index is 16.1. The first-order valence-corrected chi connectivity index (χ1v) is 15.4. The summed E-state index contributed by atoms with van der Waals surface area (Å²) in [6, 6.07) is 7.46. The lowest BCUT2D eigenvalue weighted by Gasteiger charge is -2.08. The molecule has 5 aromatic heterocycles. The Morgan fingerprint density at radius 3 is 2.64 bits per heavy atom. The Bertz CT molecular complexity index is 2160. The highest BCUT2D eigenvalue weighted by atomic mass is 32.2. The van der Waals surface area contributed by atoms with Crippen LogP contribution in [0, 0.1) is 11.6 Å². The highest BCUT2D eigenvalue weighted by molar-refractivity contribution is 7.88. The number of hydrogen-bond acceptors (Lipinski definition) is 8. The van der Waals surface area contributed by atoms with E-state index in [0.29, 0.717) is 51.9 Å². The van der Waals surface area contributed by atoms with Crippen molar-refractivity contribution in [2.75, 3.05) is 11.6 Å². The number of anilines is 1.